The van der Waals surface area contributed by atoms with Gasteiger partial charge in [-0.3, -0.25) is 20.4 Å². The van der Waals surface area contributed by atoms with E-state index in [4.69, 9.17) is 12.2 Å². The Labute approximate surface area is 171 Å². The lowest BCUT2D eigenvalue weighted by atomic mass is 10.2. The van der Waals surface area contributed by atoms with E-state index in [9.17, 15) is 22.8 Å². The van der Waals surface area contributed by atoms with Crippen LogP contribution in [-0.2, 0) is 15.8 Å². The second kappa shape index (κ2) is 10.2. The van der Waals surface area contributed by atoms with Crippen LogP contribution in [0, 0.1) is 0 Å². The van der Waals surface area contributed by atoms with Gasteiger partial charge in [0.25, 0.3) is 0 Å². The van der Waals surface area contributed by atoms with Crippen molar-refractivity contribution in [2.24, 2.45) is 0 Å². The van der Waals surface area contributed by atoms with E-state index in [1.54, 1.807) is 11.6 Å². The van der Waals surface area contributed by atoms with E-state index in [0.717, 1.165) is 23.9 Å². The zero-order chi connectivity index (χ0) is 20.6. The van der Waals surface area contributed by atoms with Crippen molar-refractivity contribution in [3.05, 3.63) is 41.4 Å². The molecule has 28 heavy (non-hydrogen) atoms. The fraction of sp³-hybridized carbons (Fsp3) is 0.200. The quantitative estimate of drug-likeness (QED) is 0.398. The Morgan fingerprint density at radius 1 is 1.07 bits per heavy atom. The van der Waals surface area contributed by atoms with Crippen LogP contribution in [0.25, 0.3) is 0 Å². The molecule has 0 saturated carbocycles. The van der Waals surface area contributed by atoms with E-state index in [1.165, 1.54) is 23.5 Å². The minimum atomic E-state index is -4.42. The number of benzene rings is 1. The molecule has 0 unspecified atom stereocenters. The molecule has 0 radical (unpaired) electrons. The number of hydrogen-bond donors (Lipinski definition) is 4. The summed E-state index contributed by atoms with van der Waals surface area (Å²) in [4.78, 5) is 27.2. The van der Waals surface area contributed by atoms with Crippen molar-refractivity contribution < 1.29 is 22.8 Å². The third kappa shape index (κ3) is 7.70. The molecular weight excluding hydrogens is 435 g/mol. The van der Waals surface area contributed by atoms with Crippen molar-refractivity contribution in [1.29, 1.82) is 0 Å². The van der Waals surface area contributed by atoms with E-state index >= 15 is 0 Å². The number of anilines is 2. The Balaban J connectivity index is 1.64. The molecule has 1 aromatic carbocycles. The van der Waals surface area contributed by atoms with Gasteiger partial charge in [0.05, 0.1) is 17.1 Å². The maximum Gasteiger partial charge on any atom is 0.416 e. The van der Waals surface area contributed by atoms with Crippen LogP contribution in [0.1, 0.15) is 5.56 Å². The van der Waals surface area contributed by atoms with Gasteiger partial charge in [0.15, 0.2) is 10.2 Å². The van der Waals surface area contributed by atoms with Crippen LogP contribution in [0.5, 0.6) is 0 Å². The smallest absolute Gasteiger partial charge is 0.331 e. The highest BCUT2D eigenvalue weighted by molar-refractivity contribution is 8.00. The number of alkyl halides is 3. The minimum Gasteiger partial charge on any atom is -0.331 e. The van der Waals surface area contributed by atoms with Crippen molar-refractivity contribution in [1.82, 2.24) is 15.8 Å². The lowest BCUT2D eigenvalue weighted by Crippen LogP contribution is -2.44. The van der Waals surface area contributed by atoms with Crippen molar-refractivity contribution in [3.63, 3.8) is 0 Å². The lowest BCUT2D eigenvalue weighted by molar-refractivity contribution is -0.137. The Morgan fingerprint density at radius 3 is 2.36 bits per heavy atom. The second-order valence-corrected chi connectivity index (χ2v) is 7.37. The molecular formula is C15H14F3N5O2S3. The normalized spacial score (nSPS) is 10.8. The predicted molar refractivity (Wildman–Crippen MR) is 107 cm³/mol. The number of amides is 2. The first-order valence-electron chi connectivity index (χ1n) is 7.54. The van der Waals surface area contributed by atoms with Gasteiger partial charge in [-0.15, -0.1) is 23.1 Å². The molecule has 150 valence electrons. The van der Waals surface area contributed by atoms with Crippen LogP contribution in [0.15, 0.2) is 35.8 Å². The first kappa shape index (κ1) is 21.9. The van der Waals surface area contributed by atoms with Gasteiger partial charge in [-0.05, 0) is 36.5 Å². The van der Waals surface area contributed by atoms with Crippen molar-refractivity contribution >= 4 is 63.1 Å². The lowest BCUT2D eigenvalue weighted by Gasteiger charge is -2.12. The molecule has 0 aliphatic carbocycles. The maximum atomic E-state index is 12.5. The number of thioether (sulfide) groups is 1. The molecule has 2 rings (SSSR count). The molecule has 13 heteroatoms. The number of aromatic nitrogens is 1. The van der Waals surface area contributed by atoms with E-state index in [2.05, 4.69) is 26.5 Å². The SMILES string of the molecule is O=C(CSCC(=O)Nc1nccs1)NNC(=S)Nc1ccc(C(F)(F)F)cc1. The fourth-order valence-corrected chi connectivity index (χ4v) is 3.08. The summed E-state index contributed by atoms with van der Waals surface area (Å²) in [5, 5.41) is 7.43. The molecule has 4 N–H and O–H groups in total. The van der Waals surface area contributed by atoms with Gasteiger partial charge in [0, 0.05) is 17.3 Å². The van der Waals surface area contributed by atoms with Crippen LogP contribution in [0.4, 0.5) is 24.0 Å². The summed E-state index contributed by atoms with van der Waals surface area (Å²) < 4.78 is 37.5. The van der Waals surface area contributed by atoms with Crippen LogP contribution in [0.2, 0.25) is 0 Å². The first-order valence-corrected chi connectivity index (χ1v) is 9.98. The van der Waals surface area contributed by atoms with Gasteiger partial charge in [0.2, 0.25) is 11.8 Å². The van der Waals surface area contributed by atoms with Crippen LogP contribution < -0.4 is 21.5 Å². The number of hydrogen-bond acceptors (Lipinski definition) is 6. The minimum absolute atomic E-state index is 0.000350. The topological polar surface area (TPSA) is 95.2 Å². The summed E-state index contributed by atoms with van der Waals surface area (Å²) >= 11 is 7.32. The van der Waals surface area contributed by atoms with Crippen molar-refractivity contribution in [2.45, 2.75) is 6.18 Å². The standard InChI is InChI=1S/C15H14F3N5O2S3/c16-15(17,18)9-1-3-10(4-2-9)20-13(26)23-22-12(25)8-27-7-11(24)21-14-19-5-6-28-14/h1-6H,7-8H2,(H,22,25)(H,19,21,24)(H2,20,23,26). The Bertz CT molecular complexity index is 813. The predicted octanol–water partition coefficient (Wildman–Crippen LogP) is 2.85. The number of thiocarbonyl (C=S) groups is 1. The van der Waals surface area contributed by atoms with Crippen LogP contribution in [-0.4, -0.2) is 33.4 Å². The van der Waals surface area contributed by atoms with Crippen molar-refractivity contribution in [3.8, 4) is 0 Å². The second-order valence-electron chi connectivity index (χ2n) is 5.08. The molecule has 1 heterocycles. The van der Waals surface area contributed by atoms with E-state index < -0.39 is 17.6 Å². The maximum absolute atomic E-state index is 12.5. The molecule has 1 aromatic heterocycles. The van der Waals surface area contributed by atoms with Gasteiger partial charge in [-0.25, -0.2) is 4.98 Å². The number of carbonyl (C=O) groups is 2. The third-order valence-electron chi connectivity index (χ3n) is 2.93. The summed E-state index contributed by atoms with van der Waals surface area (Å²) in [5.74, 6) is -0.633. The van der Waals surface area contributed by atoms with Gasteiger partial charge >= 0.3 is 6.18 Å². The first-order chi connectivity index (χ1) is 13.2. The number of nitrogens with one attached hydrogen (secondary N) is 4. The summed E-state index contributed by atoms with van der Waals surface area (Å²) in [6.07, 6.45) is -2.85. The van der Waals surface area contributed by atoms with Gasteiger partial charge in [0.1, 0.15) is 0 Å². The number of halogens is 3. The summed E-state index contributed by atoms with van der Waals surface area (Å²) in [6, 6.07) is 4.26. The average molecular weight is 450 g/mol. The highest BCUT2D eigenvalue weighted by atomic mass is 32.2. The summed E-state index contributed by atoms with van der Waals surface area (Å²) in [6.45, 7) is 0. The summed E-state index contributed by atoms with van der Waals surface area (Å²) in [7, 11) is 0. The zero-order valence-electron chi connectivity index (χ0n) is 14.0. The fourth-order valence-electron chi connectivity index (χ4n) is 1.74. The van der Waals surface area contributed by atoms with Crippen LogP contribution in [0.3, 0.4) is 0 Å². The van der Waals surface area contributed by atoms with E-state index in [-0.39, 0.29) is 22.5 Å². The highest BCUT2D eigenvalue weighted by Crippen LogP contribution is 2.29. The monoisotopic (exact) mass is 449 g/mol. The zero-order valence-corrected chi connectivity index (χ0v) is 16.5. The van der Waals surface area contributed by atoms with E-state index in [1.807, 2.05) is 0 Å². The van der Waals surface area contributed by atoms with Gasteiger partial charge in [-0.2, -0.15) is 13.2 Å². The Kier molecular flexibility index (Phi) is 8.02. The number of hydrazine groups is 1. The average Bonchev–Trinajstić information content (AvgIpc) is 3.12. The van der Waals surface area contributed by atoms with Gasteiger partial charge < -0.3 is 10.6 Å². The molecule has 2 amide bonds. The van der Waals surface area contributed by atoms with Crippen molar-refractivity contribution in [2.75, 3.05) is 22.1 Å². The molecule has 0 atom stereocenters. The molecule has 0 fully saturated rings. The number of thiazole rings is 1. The molecule has 0 aliphatic rings. The molecule has 0 spiro atoms. The summed E-state index contributed by atoms with van der Waals surface area (Å²) in [5.41, 5.74) is 4.30. The molecule has 7 nitrogen and oxygen atoms in total. The highest BCUT2D eigenvalue weighted by Gasteiger charge is 2.29. The molecule has 0 aliphatic heterocycles. The molecule has 2 aromatic rings. The number of carbonyl (C=O) groups excluding carboxylic acids is 2. The van der Waals surface area contributed by atoms with Crippen LogP contribution >= 0.6 is 35.3 Å². The molecule has 0 saturated heterocycles. The van der Waals surface area contributed by atoms with E-state index in [0.29, 0.717) is 10.8 Å². The Morgan fingerprint density at radius 2 is 1.75 bits per heavy atom. The largest absolute Gasteiger partial charge is 0.416 e. The number of nitrogens with zero attached hydrogens (tertiary/aromatic N) is 1. The van der Waals surface area contributed by atoms with Gasteiger partial charge in [-0.1, -0.05) is 0 Å². The Hall–Kier alpha value is -2.38. The third-order valence-corrected chi connectivity index (χ3v) is 4.76. The number of rotatable bonds is 6. The molecule has 0 bridgehead atoms.